The lowest BCUT2D eigenvalue weighted by atomic mass is 9.90. The van der Waals surface area contributed by atoms with Crippen molar-refractivity contribution in [2.24, 2.45) is 11.8 Å². The van der Waals surface area contributed by atoms with Crippen LogP contribution < -0.4 is 5.32 Å². The number of imidazole rings is 1. The number of nitrogens with zero attached hydrogens (tertiary/aromatic N) is 3. The zero-order chi connectivity index (χ0) is 22.4. The van der Waals surface area contributed by atoms with E-state index in [0.29, 0.717) is 25.9 Å². The Hall–Kier alpha value is -2.23. The SMILES string of the molecule is O=C(NCCN1CCC(Cc2ccccc2)CC1)[C@@H]1CCCN(S(=O)(=O)c2cnc[nH]2)C1. The number of hydrogen-bond donors (Lipinski definition) is 2. The first-order valence-corrected chi connectivity index (χ1v) is 13.0. The summed E-state index contributed by atoms with van der Waals surface area (Å²) in [6, 6.07) is 10.7. The highest BCUT2D eigenvalue weighted by Gasteiger charge is 2.34. The summed E-state index contributed by atoms with van der Waals surface area (Å²) in [6.07, 6.45) is 7.57. The molecular weight excluding hydrogens is 426 g/mol. The number of nitrogens with one attached hydrogen (secondary N) is 2. The molecule has 2 aliphatic heterocycles. The molecule has 0 spiro atoms. The van der Waals surface area contributed by atoms with E-state index in [0.717, 1.165) is 32.0 Å². The molecule has 1 amide bonds. The summed E-state index contributed by atoms with van der Waals surface area (Å²) in [6.45, 7) is 4.22. The van der Waals surface area contributed by atoms with E-state index in [4.69, 9.17) is 0 Å². The smallest absolute Gasteiger partial charge is 0.260 e. The van der Waals surface area contributed by atoms with E-state index in [1.165, 1.54) is 35.2 Å². The number of amides is 1. The van der Waals surface area contributed by atoms with Gasteiger partial charge in [0, 0.05) is 26.2 Å². The lowest BCUT2D eigenvalue weighted by Gasteiger charge is -2.33. The van der Waals surface area contributed by atoms with Gasteiger partial charge in [0.2, 0.25) is 5.91 Å². The third-order valence-electron chi connectivity index (χ3n) is 6.65. The fraction of sp³-hybridized carbons (Fsp3) is 0.565. The Morgan fingerprint density at radius 2 is 1.91 bits per heavy atom. The molecule has 0 saturated carbocycles. The molecule has 32 heavy (non-hydrogen) atoms. The molecule has 1 aromatic carbocycles. The third-order valence-corrected chi connectivity index (χ3v) is 8.44. The highest BCUT2D eigenvalue weighted by molar-refractivity contribution is 7.89. The van der Waals surface area contributed by atoms with Crippen LogP contribution in [0.3, 0.4) is 0 Å². The fourth-order valence-corrected chi connectivity index (χ4v) is 6.16. The number of hydrogen-bond acceptors (Lipinski definition) is 5. The monoisotopic (exact) mass is 459 g/mol. The van der Waals surface area contributed by atoms with E-state index in [1.54, 1.807) is 0 Å². The minimum absolute atomic E-state index is 0.0477. The van der Waals surface area contributed by atoms with Gasteiger partial charge in [-0.25, -0.2) is 13.4 Å². The molecule has 1 aromatic heterocycles. The number of aromatic nitrogens is 2. The first-order chi connectivity index (χ1) is 15.5. The molecule has 0 bridgehead atoms. The van der Waals surface area contributed by atoms with Gasteiger partial charge in [-0.1, -0.05) is 30.3 Å². The average Bonchev–Trinajstić information content (AvgIpc) is 3.37. The molecule has 9 heteroatoms. The summed E-state index contributed by atoms with van der Waals surface area (Å²) in [4.78, 5) is 21.6. The number of carbonyl (C=O) groups is 1. The standard InChI is InChI=1S/C23H33N5O3S/c29-23(21-7-4-11-28(17-21)32(30,31)22-16-24-18-26-22)25-10-14-27-12-8-20(9-13-27)15-19-5-2-1-3-6-19/h1-3,5-6,16,18,20-21H,4,7-15,17H2,(H,24,26)(H,25,29)/t21-/m1/s1. The summed E-state index contributed by atoms with van der Waals surface area (Å²) in [5.41, 5.74) is 1.41. The molecule has 0 unspecified atom stereocenters. The second-order valence-electron chi connectivity index (χ2n) is 8.88. The van der Waals surface area contributed by atoms with E-state index in [9.17, 15) is 13.2 Å². The first kappa shape index (κ1) is 22.9. The minimum atomic E-state index is -3.62. The molecule has 0 radical (unpaired) electrons. The number of aromatic amines is 1. The van der Waals surface area contributed by atoms with Gasteiger partial charge in [-0.15, -0.1) is 0 Å². The van der Waals surface area contributed by atoms with Crippen LogP contribution in [0.5, 0.6) is 0 Å². The highest BCUT2D eigenvalue weighted by atomic mass is 32.2. The number of piperidine rings is 2. The largest absolute Gasteiger partial charge is 0.355 e. The number of rotatable bonds is 8. The predicted octanol–water partition coefficient (Wildman–Crippen LogP) is 1.88. The van der Waals surface area contributed by atoms with Crippen LogP contribution in [0.1, 0.15) is 31.2 Å². The van der Waals surface area contributed by atoms with Gasteiger partial charge in [0.25, 0.3) is 10.0 Å². The summed E-state index contributed by atoms with van der Waals surface area (Å²) in [5, 5.41) is 3.11. The topological polar surface area (TPSA) is 98.4 Å². The molecule has 8 nitrogen and oxygen atoms in total. The van der Waals surface area contributed by atoms with E-state index in [2.05, 4.69) is 50.5 Å². The Bertz CT molecular complexity index is 957. The van der Waals surface area contributed by atoms with Gasteiger partial charge in [0.05, 0.1) is 18.4 Å². The summed E-state index contributed by atoms with van der Waals surface area (Å²) in [7, 11) is -3.62. The van der Waals surface area contributed by atoms with Gasteiger partial charge in [-0.05, 0) is 56.7 Å². The molecular formula is C23H33N5O3S. The number of benzene rings is 1. The lowest BCUT2D eigenvalue weighted by molar-refractivity contribution is -0.126. The van der Waals surface area contributed by atoms with Crippen molar-refractivity contribution >= 4 is 15.9 Å². The van der Waals surface area contributed by atoms with Crippen LogP contribution in [-0.2, 0) is 21.2 Å². The van der Waals surface area contributed by atoms with Crippen LogP contribution >= 0.6 is 0 Å². The Morgan fingerprint density at radius 1 is 1.12 bits per heavy atom. The van der Waals surface area contributed by atoms with Crippen LogP contribution in [0.15, 0.2) is 47.9 Å². The zero-order valence-electron chi connectivity index (χ0n) is 18.4. The average molecular weight is 460 g/mol. The Kier molecular flexibility index (Phi) is 7.59. The van der Waals surface area contributed by atoms with Gasteiger partial charge in [0.1, 0.15) is 0 Å². The maximum absolute atomic E-state index is 12.7. The molecule has 2 N–H and O–H groups in total. The minimum Gasteiger partial charge on any atom is -0.355 e. The molecule has 3 heterocycles. The van der Waals surface area contributed by atoms with E-state index >= 15 is 0 Å². The maximum Gasteiger partial charge on any atom is 0.260 e. The first-order valence-electron chi connectivity index (χ1n) is 11.5. The molecule has 174 valence electrons. The molecule has 2 aromatic rings. The van der Waals surface area contributed by atoms with Crippen LogP contribution in [0.4, 0.5) is 0 Å². The van der Waals surface area contributed by atoms with Crippen molar-refractivity contribution in [2.75, 3.05) is 39.3 Å². The summed E-state index contributed by atoms with van der Waals surface area (Å²) < 4.78 is 26.8. The van der Waals surface area contributed by atoms with Crippen LogP contribution in [-0.4, -0.2) is 72.8 Å². The Balaban J connectivity index is 1.18. The van der Waals surface area contributed by atoms with E-state index in [-0.39, 0.29) is 23.4 Å². The predicted molar refractivity (Wildman–Crippen MR) is 122 cm³/mol. The van der Waals surface area contributed by atoms with Crippen molar-refractivity contribution in [3.8, 4) is 0 Å². The van der Waals surface area contributed by atoms with Crippen molar-refractivity contribution < 1.29 is 13.2 Å². The quantitative estimate of drug-likeness (QED) is 0.628. The molecule has 4 rings (SSSR count). The van der Waals surface area contributed by atoms with Crippen molar-refractivity contribution in [3.05, 3.63) is 48.4 Å². The van der Waals surface area contributed by atoms with Gasteiger partial charge in [-0.3, -0.25) is 4.79 Å². The van der Waals surface area contributed by atoms with Gasteiger partial charge >= 0.3 is 0 Å². The van der Waals surface area contributed by atoms with Gasteiger partial charge < -0.3 is 15.2 Å². The normalized spacial score (nSPS) is 21.4. The molecule has 2 fully saturated rings. The highest BCUT2D eigenvalue weighted by Crippen LogP contribution is 2.23. The van der Waals surface area contributed by atoms with Crippen molar-refractivity contribution in [1.29, 1.82) is 0 Å². The molecule has 2 saturated heterocycles. The van der Waals surface area contributed by atoms with Gasteiger partial charge in [0.15, 0.2) is 5.03 Å². The molecule has 1 atom stereocenters. The Morgan fingerprint density at radius 3 is 2.62 bits per heavy atom. The van der Waals surface area contributed by atoms with Gasteiger partial charge in [-0.2, -0.15) is 4.31 Å². The van der Waals surface area contributed by atoms with E-state index < -0.39 is 10.0 Å². The van der Waals surface area contributed by atoms with Crippen molar-refractivity contribution in [2.45, 2.75) is 37.1 Å². The summed E-state index contributed by atoms with van der Waals surface area (Å²) >= 11 is 0. The molecule has 2 aliphatic rings. The van der Waals surface area contributed by atoms with E-state index in [1.807, 2.05) is 0 Å². The van der Waals surface area contributed by atoms with Crippen molar-refractivity contribution in [1.82, 2.24) is 24.5 Å². The number of sulfonamides is 1. The third kappa shape index (κ3) is 5.76. The van der Waals surface area contributed by atoms with Crippen LogP contribution in [0.2, 0.25) is 0 Å². The van der Waals surface area contributed by atoms with Crippen LogP contribution in [0, 0.1) is 11.8 Å². The number of carbonyl (C=O) groups excluding carboxylic acids is 1. The van der Waals surface area contributed by atoms with Crippen LogP contribution in [0.25, 0.3) is 0 Å². The maximum atomic E-state index is 12.7. The summed E-state index contributed by atoms with van der Waals surface area (Å²) in [5.74, 6) is 0.375. The number of likely N-dealkylation sites (tertiary alicyclic amines) is 1. The Labute approximate surface area is 190 Å². The zero-order valence-corrected chi connectivity index (χ0v) is 19.3. The molecule has 0 aliphatic carbocycles. The fourth-order valence-electron chi connectivity index (χ4n) is 4.74. The second kappa shape index (κ2) is 10.6. The lowest BCUT2D eigenvalue weighted by Crippen LogP contribution is -2.47. The second-order valence-corrected chi connectivity index (χ2v) is 10.8. The van der Waals surface area contributed by atoms with Crippen molar-refractivity contribution in [3.63, 3.8) is 0 Å². The number of H-pyrrole nitrogens is 1.